The molecule has 1 unspecified atom stereocenters. The Balaban J connectivity index is 1.94. The normalized spacial score (nSPS) is 15.2. The Morgan fingerprint density at radius 1 is 1.11 bits per heavy atom. The Kier molecular flexibility index (Phi) is 5.84. The molecule has 150 valence electrons. The number of hydrogen-bond donors (Lipinski definition) is 0. The molecule has 0 bridgehead atoms. The maximum atomic E-state index is 13.4. The van der Waals surface area contributed by atoms with E-state index in [-0.39, 0.29) is 22.6 Å². The van der Waals surface area contributed by atoms with Gasteiger partial charge in [-0.05, 0) is 53.8 Å². The van der Waals surface area contributed by atoms with Gasteiger partial charge < -0.3 is 4.90 Å². The van der Waals surface area contributed by atoms with Crippen molar-refractivity contribution in [3.63, 3.8) is 0 Å². The molecule has 1 atom stereocenters. The van der Waals surface area contributed by atoms with Gasteiger partial charge in [0, 0.05) is 31.4 Å². The van der Waals surface area contributed by atoms with Crippen LogP contribution in [0.4, 0.5) is 5.69 Å². The number of halogens is 1. The second-order valence-electron chi connectivity index (χ2n) is 7.59. The predicted octanol–water partition coefficient (Wildman–Crippen LogP) is 3.92. The maximum absolute atomic E-state index is 13.4. The number of hydrogen-bond acceptors (Lipinski definition) is 3. The summed E-state index contributed by atoms with van der Waals surface area (Å²) in [6.45, 7) is 4.61. The van der Waals surface area contributed by atoms with Gasteiger partial charge in [-0.1, -0.05) is 37.6 Å². The highest BCUT2D eigenvalue weighted by atomic mass is 35.5. The van der Waals surface area contributed by atoms with Crippen LogP contribution >= 0.6 is 11.6 Å². The number of benzene rings is 2. The summed E-state index contributed by atoms with van der Waals surface area (Å²) in [6.07, 6.45) is 0.642. The number of sulfonamides is 1. The quantitative estimate of drug-likeness (QED) is 0.736. The van der Waals surface area contributed by atoms with Gasteiger partial charge in [0.25, 0.3) is 0 Å². The van der Waals surface area contributed by atoms with Crippen molar-refractivity contribution in [3.8, 4) is 0 Å². The lowest BCUT2D eigenvalue weighted by Gasteiger charge is -2.27. The van der Waals surface area contributed by atoms with Gasteiger partial charge in [0.15, 0.2) is 0 Å². The number of nitrogens with zero attached hydrogens (tertiary/aromatic N) is 2. The van der Waals surface area contributed by atoms with Gasteiger partial charge in [0.05, 0.1) is 10.8 Å². The highest BCUT2D eigenvalue weighted by molar-refractivity contribution is 7.89. The van der Waals surface area contributed by atoms with E-state index in [1.54, 1.807) is 35.2 Å². The van der Waals surface area contributed by atoms with Crippen molar-refractivity contribution < 1.29 is 13.2 Å². The van der Waals surface area contributed by atoms with Gasteiger partial charge in [-0.3, -0.25) is 4.79 Å². The molecular weight excluding hydrogens is 396 g/mol. The zero-order valence-corrected chi connectivity index (χ0v) is 18.1. The maximum Gasteiger partial charge on any atom is 0.242 e. The van der Waals surface area contributed by atoms with E-state index >= 15 is 0 Å². The number of carbonyl (C=O) groups excluding carboxylic acids is 1. The van der Waals surface area contributed by atoms with Crippen molar-refractivity contribution in [2.24, 2.45) is 5.92 Å². The van der Waals surface area contributed by atoms with Gasteiger partial charge in [-0.2, -0.15) is 0 Å². The highest BCUT2D eigenvalue weighted by Crippen LogP contribution is 2.35. The molecule has 0 aromatic heterocycles. The first-order valence-corrected chi connectivity index (χ1v) is 11.1. The molecule has 0 saturated heterocycles. The smallest absolute Gasteiger partial charge is 0.242 e. The molecule has 3 rings (SSSR count). The second kappa shape index (κ2) is 7.85. The van der Waals surface area contributed by atoms with Crippen LogP contribution in [-0.4, -0.2) is 39.3 Å². The summed E-state index contributed by atoms with van der Waals surface area (Å²) < 4.78 is 26.0. The van der Waals surface area contributed by atoms with Crippen LogP contribution in [0.3, 0.4) is 0 Å². The molecule has 0 radical (unpaired) electrons. The van der Waals surface area contributed by atoms with Crippen molar-refractivity contribution in [3.05, 3.63) is 58.6 Å². The Morgan fingerprint density at radius 3 is 2.32 bits per heavy atom. The molecule has 2 aromatic carbocycles. The van der Waals surface area contributed by atoms with Crippen LogP contribution in [0.1, 0.15) is 30.9 Å². The zero-order chi connectivity index (χ0) is 20.6. The predicted molar refractivity (Wildman–Crippen MR) is 112 cm³/mol. The highest BCUT2D eigenvalue weighted by Gasteiger charge is 2.33. The largest absolute Gasteiger partial charge is 0.311 e. The summed E-state index contributed by atoms with van der Waals surface area (Å²) in [5.41, 5.74) is 2.61. The number of fused-ring (bicyclic) bond motifs is 1. The van der Waals surface area contributed by atoms with Crippen molar-refractivity contribution in [2.75, 3.05) is 25.5 Å². The van der Waals surface area contributed by atoms with E-state index in [1.807, 2.05) is 26.0 Å². The molecule has 1 amide bonds. The van der Waals surface area contributed by atoms with Gasteiger partial charge in [0.1, 0.15) is 0 Å². The zero-order valence-electron chi connectivity index (χ0n) is 16.5. The monoisotopic (exact) mass is 420 g/mol. The fraction of sp³-hybridized carbons (Fsp3) is 0.381. The summed E-state index contributed by atoms with van der Waals surface area (Å²) in [7, 11) is -0.472. The second-order valence-corrected chi connectivity index (χ2v) is 10.2. The minimum Gasteiger partial charge on any atom is -0.311 e. The van der Waals surface area contributed by atoms with E-state index < -0.39 is 10.0 Å². The average molecular weight is 421 g/mol. The van der Waals surface area contributed by atoms with Gasteiger partial charge in [0.2, 0.25) is 15.9 Å². The van der Waals surface area contributed by atoms with Crippen molar-refractivity contribution in [1.82, 2.24) is 4.31 Å². The number of amides is 1. The van der Waals surface area contributed by atoms with Gasteiger partial charge >= 0.3 is 0 Å². The molecule has 5 nitrogen and oxygen atoms in total. The van der Waals surface area contributed by atoms with E-state index in [2.05, 4.69) is 0 Å². The molecule has 0 saturated carbocycles. The van der Waals surface area contributed by atoms with Crippen molar-refractivity contribution in [2.45, 2.75) is 31.1 Å². The fourth-order valence-corrected chi connectivity index (χ4v) is 4.71. The summed E-state index contributed by atoms with van der Waals surface area (Å²) in [5.74, 6) is -0.140. The Morgan fingerprint density at radius 2 is 1.75 bits per heavy atom. The third kappa shape index (κ3) is 3.81. The van der Waals surface area contributed by atoms with Gasteiger partial charge in [-0.15, -0.1) is 0 Å². The minimum absolute atomic E-state index is 0.0271. The molecular formula is C21H25ClN2O3S. The first-order chi connectivity index (χ1) is 13.1. The first-order valence-electron chi connectivity index (χ1n) is 9.25. The van der Waals surface area contributed by atoms with Crippen molar-refractivity contribution in [1.29, 1.82) is 0 Å². The molecule has 2 aromatic rings. The standard InChI is InChI=1S/C21H25ClN2O3S/c1-14(2)20(15-5-7-17(22)8-6-15)21(25)24-12-11-16-13-18(9-10-19(16)24)28(26,27)23(3)4/h5-10,13-14,20H,11-12H2,1-4H3. The number of carbonyl (C=O) groups is 1. The van der Waals surface area contributed by atoms with Crippen LogP contribution in [0.5, 0.6) is 0 Å². The molecule has 28 heavy (non-hydrogen) atoms. The van der Waals surface area contributed by atoms with E-state index in [0.29, 0.717) is 18.0 Å². The lowest BCUT2D eigenvalue weighted by atomic mass is 9.87. The van der Waals surface area contributed by atoms with Gasteiger partial charge in [-0.25, -0.2) is 12.7 Å². The summed E-state index contributed by atoms with van der Waals surface area (Å²) in [4.78, 5) is 15.4. The van der Waals surface area contributed by atoms with Crippen LogP contribution in [0.15, 0.2) is 47.4 Å². The number of rotatable bonds is 5. The van der Waals surface area contributed by atoms with E-state index in [1.165, 1.54) is 18.4 Å². The topological polar surface area (TPSA) is 57.7 Å². The molecule has 0 spiro atoms. The average Bonchev–Trinajstić information content (AvgIpc) is 3.06. The van der Waals surface area contributed by atoms with Crippen LogP contribution < -0.4 is 4.90 Å². The molecule has 0 fully saturated rings. The lowest BCUT2D eigenvalue weighted by Crippen LogP contribution is -2.35. The van der Waals surface area contributed by atoms with Crippen LogP contribution in [0.25, 0.3) is 0 Å². The van der Waals surface area contributed by atoms with E-state index in [0.717, 1.165) is 16.8 Å². The third-order valence-corrected chi connectivity index (χ3v) is 7.22. The lowest BCUT2D eigenvalue weighted by molar-refractivity contribution is -0.120. The molecule has 7 heteroatoms. The van der Waals surface area contributed by atoms with Crippen LogP contribution in [-0.2, 0) is 21.2 Å². The molecule has 1 heterocycles. The SMILES string of the molecule is CC(C)C(C(=O)N1CCc2cc(S(=O)(=O)N(C)C)ccc21)c1ccc(Cl)cc1. The molecule has 1 aliphatic heterocycles. The molecule has 0 aliphatic carbocycles. The first kappa shape index (κ1) is 20.8. The number of anilines is 1. The Hall–Kier alpha value is -1.89. The summed E-state index contributed by atoms with van der Waals surface area (Å²) in [6, 6.07) is 12.4. The summed E-state index contributed by atoms with van der Waals surface area (Å²) >= 11 is 6.00. The van der Waals surface area contributed by atoms with E-state index in [9.17, 15) is 13.2 Å². The summed E-state index contributed by atoms with van der Waals surface area (Å²) in [5, 5.41) is 0.639. The Labute approximate surface area is 172 Å². The fourth-order valence-electron chi connectivity index (χ4n) is 3.63. The minimum atomic E-state index is -3.50. The molecule has 1 aliphatic rings. The third-order valence-electron chi connectivity index (χ3n) is 5.15. The van der Waals surface area contributed by atoms with Crippen LogP contribution in [0.2, 0.25) is 5.02 Å². The van der Waals surface area contributed by atoms with Crippen molar-refractivity contribution >= 4 is 33.2 Å². The van der Waals surface area contributed by atoms with E-state index in [4.69, 9.17) is 11.6 Å². The molecule has 0 N–H and O–H groups in total. The van der Waals surface area contributed by atoms with Crippen LogP contribution in [0, 0.1) is 5.92 Å². The Bertz CT molecular complexity index is 985.